The second-order valence-corrected chi connectivity index (χ2v) is 13.3. The molecule has 2 aromatic carbocycles. The number of nitrogens with zero attached hydrogens (tertiary/aromatic N) is 4. The van der Waals surface area contributed by atoms with Crippen molar-refractivity contribution in [3.8, 4) is 17.6 Å². The van der Waals surface area contributed by atoms with Gasteiger partial charge in [-0.3, -0.25) is 14.5 Å². The van der Waals surface area contributed by atoms with E-state index in [4.69, 9.17) is 15.2 Å². The normalized spacial score (nSPS) is 17.8. The van der Waals surface area contributed by atoms with Gasteiger partial charge in [0.05, 0.1) is 37.5 Å². The first-order chi connectivity index (χ1) is 20.6. The number of Topliss-reactive ketones (excluding diaryl/α,β-unsaturated/α-hetero) is 1. The largest absolute Gasteiger partial charge is 0.497 e. The summed E-state index contributed by atoms with van der Waals surface area (Å²) in [6.07, 6.45) is 0.839. The van der Waals surface area contributed by atoms with Gasteiger partial charge in [-0.25, -0.2) is 0 Å². The van der Waals surface area contributed by atoms with Gasteiger partial charge in [-0.1, -0.05) is 55.1 Å². The summed E-state index contributed by atoms with van der Waals surface area (Å²) in [5.74, 6) is 0.413. The average molecular weight is 617 g/mol. The van der Waals surface area contributed by atoms with Crippen molar-refractivity contribution in [3.63, 3.8) is 0 Å². The molecule has 0 saturated heterocycles. The molecule has 1 aliphatic heterocycles. The van der Waals surface area contributed by atoms with Crippen molar-refractivity contribution in [1.82, 2.24) is 10.2 Å². The number of hydrogen-bond acceptors (Lipinski definition) is 11. The molecule has 5 rings (SSSR count). The van der Waals surface area contributed by atoms with Gasteiger partial charge in [0.1, 0.15) is 17.3 Å². The highest BCUT2D eigenvalue weighted by molar-refractivity contribution is 8.01. The van der Waals surface area contributed by atoms with Gasteiger partial charge in [0.15, 0.2) is 10.1 Å². The van der Waals surface area contributed by atoms with E-state index in [9.17, 15) is 14.9 Å². The summed E-state index contributed by atoms with van der Waals surface area (Å²) in [7, 11) is 3.10. The molecule has 3 aromatic rings. The minimum Gasteiger partial charge on any atom is -0.497 e. The fourth-order valence-electron chi connectivity index (χ4n) is 5.48. The number of nitrogens with one attached hydrogen (secondary N) is 1. The Bertz CT molecular complexity index is 1700. The maximum absolute atomic E-state index is 13.9. The Morgan fingerprint density at radius 3 is 2.67 bits per heavy atom. The highest BCUT2D eigenvalue weighted by atomic mass is 32.2. The summed E-state index contributed by atoms with van der Waals surface area (Å²) in [4.78, 5) is 28.2. The molecule has 1 atom stereocenters. The molecule has 0 radical (unpaired) electrons. The van der Waals surface area contributed by atoms with E-state index in [0.29, 0.717) is 50.6 Å². The lowest BCUT2D eigenvalue weighted by Gasteiger charge is -2.42. The predicted molar refractivity (Wildman–Crippen MR) is 167 cm³/mol. The summed E-state index contributed by atoms with van der Waals surface area (Å²) < 4.78 is 11.7. The molecule has 0 spiro atoms. The Hall–Kier alpha value is -4.34. The number of benzene rings is 2. The van der Waals surface area contributed by atoms with Crippen LogP contribution in [0.1, 0.15) is 43.7 Å². The lowest BCUT2D eigenvalue weighted by molar-refractivity contribution is -0.118. The second kappa shape index (κ2) is 12.1. The molecule has 222 valence electrons. The molecule has 3 N–H and O–H groups in total. The number of carbonyl (C=O) groups is 2. The standard InChI is InChI=1S/C31H32N6O4S2/c1-17-8-6-7-9-21(17)34-25(39)16-42-30-36-35-29(43-30)37-22-13-31(2,3)14-23(38)27(22)26(20(15-32)28(37)33)19-12-18(40-4)10-11-24(19)41-5/h6-12,26H,13-14,16,33H2,1-5H3,(H,34,39). The zero-order valence-electron chi connectivity index (χ0n) is 24.6. The van der Waals surface area contributed by atoms with Crippen LogP contribution in [0.25, 0.3) is 0 Å². The summed E-state index contributed by atoms with van der Waals surface area (Å²) >= 11 is 2.50. The van der Waals surface area contributed by atoms with Crippen molar-refractivity contribution >= 4 is 45.6 Å². The van der Waals surface area contributed by atoms with Gasteiger partial charge in [0.25, 0.3) is 0 Å². The molecule has 1 unspecified atom stereocenters. The number of anilines is 2. The quantitative estimate of drug-likeness (QED) is 0.310. The topological polar surface area (TPSA) is 143 Å². The number of thioether (sulfide) groups is 1. The third-order valence-corrected chi connectivity index (χ3v) is 9.50. The number of rotatable bonds is 8. The molecule has 1 aromatic heterocycles. The first-order valence-electron chi connectivity index (χ1n) is 13.6. The van der Waals surface area contributed by atoms with Crippen molar-refractivity contribution in [3.05, 3.63) is 76.3 Å². The van der Waals surface area contributed by atoms with Gasteiger partial charge in [0.2, 0.25) is 11.0 Å². The fourth-order valence-corrected chi connectivity index (χ4v) is 7.16. The number of nitriles is 1. The number of para-hydroxylation sites is 1. The third-order valence-electron chi connectivity index (χ3n) is 7.46. The minimum absolute atomic E-state index is 0.0710. The molecule has 0 fully saturated rings. The Balaban J connectivity index is 1.52. The summed E-state index contributed by atoms with van der Waals surface area (Å²) in [5, 5.41) is 22.4. The van der Waals surface area contributed by atoms with Crippen LogP contribution in [-0.2, 0) is 9.59 Å². The lowest BCUT2D eigenvalue weighted by atomic mass is 9.68. The summed E-state index contributed by atoms with van der Waals surface area (Å²) in [6, 6.07) is 15.1. The highest BCUT2D eigenvalue weighted by Gasteiger charge is 2.46. The number of allylic oxidation sites excluding steroid dienone is 3. The number of ketones is 1. The predicted octanol–water partition coefficient (Wildman–Crippen LogP) is 5.54. The number of aromatic nitrogens is 2. The van der Waals surface area contributed by atoms with Gasteiger partial charge in [-0.15, -0.1) is 10.2 Å². The molecule has 10 nitrogen and oxygen atoms in total. The van der Waals surface area contributed by atoms with Gasteiger partial charge < -0.3 is 20.5 Å². The van der Waals surface area contributed by atoms with E-state index in [-0.39, 0.29) is 34.3 Å². The molecular formula is C31H32N6O4S2. The van der Waals surface area contributed by atoms with Crippen LogP contribution in [0.2, 0.25) is 0 Å². The van der Waals surface area contributed by atoms with Crippen molar-refractivity contribution in [2.75, 3.05) is 30.2 Å². The minimum atomic E-state index is -0.739. The maximum Gasteiger partial charge on any atom is 0.234 e. The number of carbonyl (C=O) groups excluding carboxylic acids is 2. The maximum atomic E-state index is 13.9. The van der Waals surface area contributed by atoms with Crippen LogP contribution in [0.5, 0.6) is 11.5 Å². The first kappa shape index (κ1) is 30.1. The van der Waals surface area contributed by atoms with E-state index in [1.54, 1.807) is 37.3 Å². The number of methoxy groups -OCH3 is 2. The SMILES string of the molecule is COc1ccc(OC)c(C2C(C#N)=C(N)N(c3nnc(SCC(=O)Nc4ccccc4C)s3)C3=C2C(=O)CC(C)(C)C3)c1. The number of aryl methyl sites for hydroxylation is 1. The van der Waals surface area contributed by atoms with E-state index < -0.39 is 5.92 Å². The van der Waals surface area contributed by atoms with Crippen molar-refractivity contribution in [2.24, 2.45) is 11.1 Å². The van der Waals surface area contributed by atoms with E-state index >= 15 is 0 Å². The highest BCUT2D eigenvalue weighted by Crippen LogP contribution is 2.52. The lowest BCUT2D eigenvalue weighted by Crippen LogP contribution is -2.42. The third kappa shape index (κ3) is 5.96. The van der Waals surface area contributed by atoms with Crippen LogP contribution in [0.15, 0.2) is 69.5 Å². The molecule has 2 aliphatic rings. The van der Waals surface area contributed by atoms with E-state index in [1.165, 1.54) is 23.1 Å². The summed E-state index contributed by atoms with van der Waals surface area (Å²) in [6.45, 7) is 5.99. The van der Waals surface area contributed by atoms with E-state index in [0.717, 1.165) is 11.3 Å². The van der Waals surface area contributed by atoms with Gasteiger partial charge in [-0.05, 0) is 48.6 Å². The van der Waals surface area contributed by atoms with Crippen LogP contribution in [0.3, 0.4) is 0 Å². The monoisotopic (exact) mass is 616 g/mol. The Morgan fingerprint density at radius 2 is 1.98 bits per heavy atom. The van der Waals surface area contributed by atoms with Crippen LogP contribution < -0.4 is 25.4 Å². The van der Waals surface area contributed by atoms with Crippen molar-refractivity contribution in [2.45, 2.75) is 43.9 Å². The van der Waals surface area contributed by atoms with E-state index in [2.05, 4.69) is 21.6 Å². The molecular weight excluding hydrogens is 585 g/mol. The molecule has 12 heteroatoms. The molecule has 0 bridgehead atoms. The van der Waals surface area contributed by atoms with Crippen molar-refractivity contribution < 1.29 is 19.1 Å². The van der Waals surface area contributed by atoms with Gasteiger partial charge >= 0.3 is 0 Å². The Labute approximate surface area is 258 Å². The fraction of sp³-hybridized carbons (Fsp3) is 0.323. The number of ether oxygens (including phenoxy) is 2. The Kier molecular flexibility index (Phi) is 8.48. The number of amides is 1. The zero-order chi connectivity index (χ0) is 30.9. The van der Waals surface area contributed by atoms with Crippen LogP contribution in [0.4, 0.5) is 10.8 Å². The van der Waals surface area contributed by atoms with E-state index in [1.807, 2.05) is 45.0 Å². The van der Waals surface area contributed by atoms with Gasteiger partial charge in [-0.2, -0.15) is 5.26 Å². The molecule has 0 saturated carbocycles. The molecule has 43 heavy (non-hydrogen) atoms. The molecule has 1 aliphatic carbocycles. The Morgan fingerprint density at radius 1 is 1.21 bits per heavy atom. The summed E-state index contributed by atoms with van der Waals surface area (Å²) in [5.41, 5.74) is 10.1. The zero-order valence-corrected chi connectivity index (χ0v) is 26.2. The van der Waals surface area contributed by atoms with Crippen LogP contribution >= 0.6 is 23.1 Å². The molecule has 2 heterocycles. The van der Waals surface area contributed by atoms with Crippen LogP contribution in [-0.4, -0.2) is 41.9 Å². The number of nitrogens with two attached hydrogens (primary N) is 1. The molecule has 1 amide bonds. The van der Waals surface area contributed by atoms with Crippen LogP contribution in [0, 0.1) is 23.7 Å². The average Bonchev–Trinajstić information content (AvgIpc) is 3.44. The smallest absolute Gasteiger partial charge is 0.234 e. The number of hydrogen-bond donors (Lipinski definition) is 2. The van der Waals surface area contributed by atoms with Crippen molar-refractivity contribution in [1.29, 1.82) is 5.26 Å². The van der Waals surface area contributed by atoms with Gasteiger partial charge in [0, 0.05) is 28.9 Å². The first-order valence-corrected chi connectivity index (χ1v) is 15.4. The second-order valence-electron chi connectivity index (χ2n) is 11.1.